The summed E-state index contributed by atoms with van der Waals surface area (Å²) in [4.78, 5) is 46.8. The highest BCUT2D eigenvalue weighted by Crippen LogP contribution is 2.30. The van der Waals surface area contributed by atoms with Gasteiger partial charge in [0.1, 0.15) is 18.2 Å². The first-order valence-corrected chi connectivity index (χ1v) is 9.86. The van der Waals surface area contributed by atoms with Gasteiger partial charge in [0, 0.05) is 12.8 Å². The van der Waals surface area contributed by atoms with Crippen molar-refractivity contribution in [3.05, 3.63) is 23.8 Å². The van der Waals surface area contributed by atoms with Crippen LogP contribution in [0.15, 0.2) is 18.2 Å². The smallest absolute Gasteiger partial charge is 0.458 e. The lowest BCUT2D eigenvalue weighted by Gasteiger charge is -2.22. The maximum absolute atomic E-state index is 12.3. The third-order valence-corrected chi connectivity index (χ3v) is 4.20. The number of hydrogen-bond acceptors (Lipinski definition) is 10. The Bertz CT molecular complexity index is 793. The summed E-state index contributed by atoms with van der Waals surface area (Å²) in [7, 11) is 1.17. The molecule has 1 unspecified atom stereocenters. The topological polar surface area (TPSA) is 140 Å². The van der Waals surface area contributed by atoms with E-state index in [4.69, 9.17) is 24.7 Å². The van der Waals surface area contributed by atoms with Crippen molar-refractivity contribution < 1.29 is 42.9 Å². The van der Waals surface area contributed by atoms with Crippen LogP contribution in [0.1, 0.15) is 46.1 Å². The zero-order chi connectivity index (χ0) is 23.6. The van der Waals surface area contributed by atoms with Gasteiger partial charge in [-0.3, -0.25) is 14.4 Å². The number of esters is 3. The minimum Gasteiger partial charge on any atom is -0.458 e. The zero-order valence-corrected chi connectivity index (χ0v) is 18.3. The lowest BCUT2D eigenvalue weighted by Crippen LogP contribution is -2.39. The van der Waals surface area contributed by atoms with E-state index in [2.05, 4.69) is 4.74 Å². The molecule has 0 saturated carbocycles. The molecule has 10 nitrogen and oxygen atoms in total. The molecular weight excluding hydrogens is 410 g/mol. The maximum atomic E-state index is 12.3. The fraction of sp³-hybridized carbons (Fsp3) is 0.524. The second-order valence-electron chi connectivity index (χ2n) is 6.67. The summed E-state index contributed by atoms with van der Waals surface area (Å²) in [6.07, 6.45) is -2.05. The van der Waals surface area contributed by atoms with E-state index in [1.165, 1.54) is 19.2 Å². The first kappa shape index (κ1) is 25.9. The Morgan fingerprint density at radius 2 is 1.45 bits per heavy atom. The van der Waals surface area contributed by atoms with E-state index in [0.717, 1.165) is 0 Å². The number of rotatable bonds is 10. The Morgan fingerprint density at radius 3 is 2.00 bits per heavy atom. The van der Waals surface area contributed by atoms with Crippen molar-refractivity contribution in [3.63, 3.8) is 0 Å². The van der Waals surface area contributed by atoms with Crippen LogP contribution in [0.25, 0.3) is 0 Å². The Hall–Kier alpha value is -3.14. The van der Waals surface area contributed by atoms with Crippen LogP contribution in [-0.2, 0) is 35.0 Å². The average Bonchev–Trinajstić information content (AvgIpc) is 2.74. The van der Waals surface area contributed by atoms with Crippen molar-refractivity contribution in [3.8, 4) is 11.5 Å². The maximum Gasteiger partial charge on any atom is 0.508 e. The van der Waals surface area contributed by atoms with Crippen LogP contribution < -0.4 is 15.2 Å². The van der Waals surface area contributed by atoms with Gasteiger partial charge in [0.05, 0.1) is 7.11 Å². The summed E-state index contributed by atoms with van der Waals surface area (Å²) in [5, 5.41) is 0. The number of methoxy groups -OCH3 is 1. The molecule has 0 aliphatic carbocycles. The summed E-state index contributed by atoms with van der Waals surface area (Å²) in [6.45, 7) is 6.36. The van der Waals surface area contributed by atoms with E-state index in [1.807, 2.05) is 0 Å². The van der Waals surface area contributed by atoms with Crippen molar-refractivity contribution in [2.75, 3.05) is 7.11 Å². The quantitative estimate of drug-likeness (QED) is 0.426. The monoisotopic (exact) mass is 439 g/mol. The number of nitrogens with two attached hydrogens (primary N) is 1. The second-order valence-corrected chi connectivity index (χ2v) is 6.67. The molecule has 3 atom stereocenters. The minimum absolute atomic E-state index is 0.0557. The SMILES string of the molecule is CCC(=O)Oc1ccc(C[C@H](N)C(=O)O[C@@H](C)C(C)OC(=O)OC)cc1OC(=O)CC. The molecule has 1 aromatic rings. The highest BCUT2D eigenvalue weighted by atomic mass is 16.7. The molecule has 0 fully saturated rings. The van der Waals surface area contributed by atoms with Gasteiger partial charge >= 0.3 is 24.1 Å². The summed E-state index contributed by atoms with van der Waals surface area (Å²) in [5.74, 6) is -1.56. The lowest BCUT2D eigenvalue weighted by molar-refractivity contribution is -0.155. The van der Waals surface area contributed by atoms with Crippen LogP contribution in [0, 0.1) is 0 Å². The summed E-state index contributed by atoms with van der Waals surface area (Å²) in [6, 6.07) is 3.51. The summed E-state index contributed by atoms with van der Waals surface area (Å²) < 4.78 is 25.0. The Labute approximate surface area is 180 Å². The normalized spacial score (nSPS) is 13.4. The molecule has 0 aliphatic heterocycles. The van der Waals surface area contributed by atoms with Crippen molar-refractivity contribution in [1.29, 1.82) is 0 Å². The van der Waals surface area contributed by atoms with Gasteiger partial charge in [0.25, 0.3) is 0 Å². The first-order chi connectivity index (χ1) is 14.6. The van der Waals surface area contributed by atoms with Crippen molar-refractivity contribution in [1.82, 2.24) is 0 Å². The van der Waals surface area contributed by atoms with Crippen molar-refractivity contribution in [2.24, 2.45) is 5.73 Å². The Balaban J connectivity index is 2.86. The molecule has 0 bridgehead atoms. The molecule has 0 saturated heterocycles. The van der Waals surface area contributed by atoms with Gasteiger partial charge in [-0.15, -0.1) is 0 Å². The predicted molar refractivity (Wildman–Crippen MR) is 108 cm³/mol. The van der Waals surface area contributed by atoms with Crippen molar-refractivity contribution in [2.45, 2.75) is 65.2 Å². The van der Waals surface area contributed by atoms with Gasteiger partial charge in [-0.05, 0) is 38.0 Å². The molecule has 172 valence electrons. The number of ether oxygens (including phenoxy) is 5. The van der Waals surface area contributed by atoms with E-state index in [-0.39, 0.29) is 30.8 Å². The van der Waals surface area contributed by atoms with Gasteiger partial charge in [0.15, 0.2) is 11.5 Å². The molecule has 0 heterocycles. The largest absolute Gasteiger partial charge is 0.508 e. The zero-order valence-electron chi connectivity index (χ0n) is 18.3. The van der Waals surface area contributed by atoms with Crippen LogP contribution in [-0.4, -0.2) is 49.4 Å². The molecule has 10 heteroatoms. The molecule has 1 aromatic carbocycles. The van der Waals surface area contributed by atoms with Crippen LogP contribution in [0.5, 0.6) is 11.5 Å². The van der Waals surface area contributed by atoms with Gasteiger partial charge in [-0.1, -0.05) is 19.9 Å². The fourth-order valence-corrected chi connectivity index (χ4v) is 2.23. The molecule has 2 N–H and O–H groups in total. The summed E-state index contributed by atoms with van der Waals surface area (Å²) in [5.41, 5.74) is 6.50. The first-order valence-electron chi connectivity index (χ1n) is 9.86. The van der Waals surface area contributed by atoms with E-state index >= 15 is 0 Å². The highest BCUT2D eigenvalue weighted by Gasteiger charge is 2.25. The second kappa shape index (κ2) is 12.5. The van der Waals surface area contributed by atoms with E-state index in [0.29, 0.717) is 5.56 Å². The fourth-order valence-electron chi connectivity index (χ4n) is 2.23. The van der Waals surface area contributed by atoms with Gasteiger partial charge in [-0.25, -0.2) is 4.79 Å². The molecular formula is C21H29NO9. The lowest BCUT2D eigenvalue weighted by atomic mass is 10.1. The van der Waals surface area contributed by atoms with Crippen molar-refractivity contribution >= 4 is 24.1 Å². The van der Waals surface area contributed by atoms with E-state index < -0.39 is 42.3 Å². The molecule has 0 amide bonds. The number of carbonyl (C=O) groups excluding carboxylic acids is 4. The average molecular weight is 439 g/mol. The Kier molecular flexibility index (Phi) is 10.5. The number of benzene rings is 1. The molecule has 0 aromatic heterocycles. The molecule has 0 spiro atoms. The third kappa shape index (κ3) is 8.63. The molecule has 0 radical (unpaired) electrons. The standard InChI is InChI=1S/C21H29NO9/c1-6-18(23)30-16-9-8-14(11-17(16)31-19(24)7-2)10-15(22)20(25)28-12(3)13(4)29-21(26)27-5/h8-9,11-13,15H,6-7,10,22H2,1-5H3/t12-,13?,15-/m0/s1. The highest BCUT2D eigenvalue weighted by molar-refractivity contribution is 5.77. The van der Waals surface area contributed by atoms with E-state index in [9.17, 15) is 19.2 Å². The molecule has 0 aliphatic rings. The van der Waals surface area contributed by atoms with Gasteiger partial charge < -0.3 is 29.4 Å². The number of carbonyl (C=O) groups is 4. The molecule has 1 rings (SSSR count). The van der Waals surface area contributed by atoms with Crippen LogP contribution in [0.2, 0.25) is 0 Å². The third-order valence-electron chi connectivity index (χ3n) is 4.20. The minimum atomic E-state index is -1.04. The molecule has 31 heavy (non-hydrogen) atoms. The summed E-state index contributed by atoms with van der Waals surface area (Å²) >= 11 is 0. The van der Waals surface area contributed by atoms with E-state index in [1.54, 1.807) is 33.8 Å². The van der Waals surface area contributed by atoms with Crippen LogP contribution >= 0.6 is 0 Å². The van der Waals surface area contributed by atoms with Crippen LogP contribution in [0.4, 0.5) is 4.79 Å². The van der Waals surface area contributed by atoms with Gasteiger partial charge in [-0.2, -0.15) is 0 Å². The Morgan fingerprint density at radius 1 is 0.903 bits per heavy atom. The predicted octanol–water partition coefficient (Wildman–Crippen LogP) is 2.29. The van der Waals surface area contributed by atoms with Crippen LogP contribution in [0.3, 0.4) is 0 Å². The van der Waals surface area contributed by atoms with Gasteiger partial charge in [0.2, 0.25) is 0 Å². The number of hydrogen-bond donors (Lipinski definition) is 1.